The van der Waals surface area contributed by atoms with Crippen molar-refractivity contribution < 1.29 is 37.7 Å². The maximum absolute atomic E-state index is 14.8. The molecule has 5 rings (SSSR count). The van der Waals surface area contributed by atoms with Gasteiger partial charge in [0.15, 0.2) is 19.8 Å². The van der Waals surface area contributed by atoms with E-state index in [2.05, 4.69) is 73.3 Å². The van der Waals surface area contributed by atoms with Crippen molar-refractivity contribution in [3.63, 3.8) is 0 Å². The third-order valence-electron chi connectivity index (χ3n) is 10.5. The summed E-state index contributed by atoms with van der Waals surface area (Å²) in [5, 5.41) is 0. The van der Waals surface area contributed by atoms with Gasteiger partial charge in [0.1, 0.15) is 13.4 Å². The number of amides is 2. The van der Waals surface area contributed by atoms with Gasteiger partial charge in [0, 0.05) is 33.1 Å². The Morgan fingerprint density at radius 3 is 2.10 bits per heavy atom. The Hall–Kier alpha value is -2.71. The number of rotatable bonds is 14. The van der Waals surface area contributed by atoms with E-state index in [1.807, 2.05) is 30.3 Å². The van der Waals surface area contributed by atoms with Crippen molar-refractivity contribution in [1.82, 2.24) is 4.90 Å². The summed E-state index contributed by atoms with van der Waals surface area (Å²) in [6, 6.07) is 15.1. The summed E-state index contributed by atoms with van der Waals surface area (Å²) >= 11 is 0. The molecule has 2 aromatic rings. The van der Waals surface area contributed by atoms with E-state index in [0.717, 1.165) is 22.7 Å². The monoisotopic (exact) mass is 697 g/mol. The fourth-order valence-electron chi connectivity index (χ4n) is 8.20. The maximum atomic E-state index is 14.8. The van der Waals surface area contributed by atoms with Crippen molar-refractivity contribution in [2.75, 3.05) is 40.0 Å². The number of fused-ring (bicyclic) bond motifs is 2. The molecule has 4 atom stereocenters. The molecule has 9 nitrogen and oxygen atoms in total. The molecule has 2 heterocycles. The number of carbonyl (C=O) groups is 2. The average molecular weight is 698 g/mol. The van der Waals surface area contributed by atoms with Crippen molar-refractivity contribution in [2.45, 2.75) is 95.9 Å². The standard InChI is InChI=1S/C37H55NO8Si2/c1-24(2)48(25(3)4,26(5)6)46-21-30-34(36(39)38-15-16-42-37(38)40)33(27-13-11-10-12-14-27)28-19-31-32(44-23-43-31)20-29(28)35(30)45-22-41-17-18-47(7,8)9/h10-14,19-20,24-26,30,33-35H,15-18,21-23H2,1-9H3. The Labute approximate surface area is 288 Å². The van der Waals surface area contributed by atoms with Crippen LogP contribution in [-0.4, -0.2) is 73.2 Å². The van der Waals surface area contributed by atoms with Crippen LogP contribution in [0.1, 0.15) is 70.3 Å². The molecule has 1 aliphatic carbocycles. The normalized spacial score (nSPS) is 22.5. The molecule has 264 valence electrons. The zero-order chi connectivity index (χ0) is 34.8. The van der Waals surface area contributed by atoms with Gasteiger partial charge >= 0.3 is 6.09 Å². The van der Waals surface area contributed by atoms with Crippen LogP contribution in [-0.2, 0) is 23.4 Å². The number of ether oxygens (including phenoxy) is 5. The van der Waals surface area contributed by atoms with E-state index in [1.54, 1.807) is 0 Å². The lowest BCUT2D eigenvalue weighted by molar-refractivity contribution is -0.149. The molecule has 1 saturated heterocycles. The van der Waals surface area contributed by atoms with Gasteiger partial charge in [-0.1, -0.05) is 91.5 Å². The van der Waals surface area contributed by atoms with Crippen LogP contribution in [0, 0.1) is 11.8 Å². The van der Waals surface area contributed by atoms with Crippen LogP contribution in [0.4, 0.5) is 4.79 Å². The Morgan fingerprint density at radius 1 is 0.917 bits per heavy atom. The number of cyclic esters (lactones) is 1. The molecule has 48 heavy (non-hydrogen) atoms. The molecule has 0 saturated carbocycles. The minimum atomic E-state index is -2.37. The van der Waals surface area contributed by atoms with Crippen LogP contribution < -0.4 is 9.47 Å². The summed E-state index contributed by atoms with van der Waals surface area (Å²) in [5.41, 5.74) is 3.85. The van der Waals surface area contributed by atoms with Gasteiger partial charge in [0.2, 0.25) is 12.7 Å². The van der Waals surface area contributed by atoms with Gasteiger partial charge in [-0.3, -0.25) is 4.79 Å². The molecule has 2 aromatic carbocycles. The van der Waals surface area contributed by atoms with E-state index in [0.29, 0.717) is 41.3 Å². The van der Waals surface area contributed by atoms with Crippen molar-refractivity contribution in [1.29, 1.82) is 0 Å². The predicted octanol–water partition coefficient (Wildman–Crippen LogP) is 8.33. The van der Waals surface area contributed by atoms with Gasteiger partial charge in [-0.25, -0.2) is 9.69 Å². The molecule has 0 N–H and O–H groups in total. The van der Waals surface area contributed by atoms with Crippen LogP contribution in [0.2, 0.25) is 42.3 Å². The Kier molecular flexibility index (Phi) is 11.5. The summed E-state index contributed by atoms with van der Waals surface area (Å²) < 4.78 is 37.2. The highest BCUT2D eigenvalue weighted by Gasteiger charge is 2.53. The molecule has 3 aliphatic rings. The number of hydrogen-bond donors (Lipinski definition) is 0. The molecule has 2 aliphatic heterocycles. The molecular weight excluding hydrogens is 643 g/mol. The molecule has 2 amide bonds. The molecule has 0 bridgehead atoms. The van der Waals surface area contributed by atoms with Crippen LogP contribution in [0.3, 0.4) is 0 Å². The lowest BCUT2D eigenvalue weighted by atomic mass is 9.64. The van der Waals surface area contributed by atoms with Crippen LogP contribution in [0.5, 0.6) is 11.5 Å². The van der Waals surface area contributed by atoms with Gasteiger partial charge in [0.05, 0.1) is 18.6 Å². The molecule has 1 fully saturated rings. The van der Waals surface area contributed by atoms with E-state index in [-0.39, 0.29) is 32.6 Å². The van der Waals surface area contributed by atoms with E-state index in [4.69, 9.17) is 28.1 Å². The van der Waals surface area contributed by atoms with Gasteiger partial charge in [-0.05, 0) is 51.5 Å². The number of hydrogen-bond acceptors (Lipinski definition) is 8. The Bertz CT molecular complexity index is 1400. The van der Waals surface area contributed by atoms with Gasteiger partial charge in [-0.15, -0.1) is 0 Å². The maximum Gasteiger partial charge on any atom is 0.416 e. The number of imide groups is 1. The highest BCUT2D eigenvalue weighted by molar-refractivity contribution is 6.77. The first-order valence-corrected chi connectivity index (χ1v) is 23.4. The molecule has 0 radical (unpaired) electrons. The van der Waals surface area contributed by atoms with Gasteiger partial charge < -0.3 is 28.1 Å². The molecule has 11 heteroatoms. The summed E-state index contributed by atoms with van der Waals surface area (Å²) in [7, 11) is -3.68. The van der Waals surface area contributed by atoms with Crippen molar-refractivity contribution in [2.24, 2.45) is 11.8 Å². The fourth-order valence-corrected chi connectivity index (χ4v) is 14.4. The Balaban J connectivity index is 1.66. The van der Waals surface area contributed by atoms with Gasteiger partial charge in [0.25, 0.3) is 0 Å². The van der Waals surface area contributed by atoms with Crippen molar-refractivity contribution >= 4 is 28.4 Å². The number of carbonyl (C=O) groups excluding carboxylic acids is 2. The lowest BCUT2D eigenvalue weighted by Gasteiger charge is -2.47. The van der Waals surface area contributed by atoms with E-state index >= 15 is 0 Å². The quantitative estimate of drug-likeness (QED) is 0.111. The topological polar surface area (TPSA) is 92.8 Å². The zero-order valence-electron chi connectivity index (χ0n) is 30.2. The predicted molar refractivity (Wildman–Crippen MR) is 191 cm³/mol. The first-order chi connectivity index (χ1) is 22.8. The largest absolute Gasteiger partial charge is 0.454 e. The van der Waals surface area contributed by atoms with E-state index in [1.165, 1.54) is 4.90 Å². The third-order valence-corrected chi connectivity index (χ3v) is 18.2. The molecular formula is C37H55NO8Si2. The van der Waals surface area contributed by atoms with Crippen LogP contribution in [0.25, 0.3) is 0 Å². The minimum Gasteiger partial charge on any atom is -0.454 e. The first kappa shape index (κ1) is 36.6. The van der Waals surface area contributed by atoms with Crippen LogP contribution in [0.15, 0.2) is 42.5 Å². The number of nitrogens with zero attached hydrogens (tertiary/aromatic N) is 1. The van der Waals surface area contributed by atoms with Gasteiger partial charge in [-0.2, -0.15) is 0 Å². The minimum absolute atomic E-state index is 0.0727. The van der Waals surface area contributed by atoms with Crippen LogP contribution >= 0.6 is 0 Å². The second-order valence-corrected chi connectivity index (χ2v) is 26.7. The lowest BCUT2D eigenvalue weighted by Crippen LogP contribution is -2.52. The average Bonchev–Trinajstić information content (AvgIpc) is 3.67. The first-order valence-electron chi connectivity index (χ1n) is 17.6. The SMILES string of the molecule is CC(C)[Si](OCC1C(OCOCC[Si](C)(C)C)c2cc3c(cc2C(c2ccccc2)C1C(=O)N1CCOC1=O)OCO3)(C(C)C)C(C)C. The second kappa shape index (κ2) is 15.0. The summed E-state index contributed by atoms with van der Waals surface area (Å²) in [6.07, 6.45) is -1.17. The molecule has 0 spiro atoms. The molecule has 0 aromatic heterocycles. The Morgan fingerprint density at radius 2 is 1.54 bits per heavy atom. The van der Waals surface area contributed by atoms with Crippen molar-refractivity contribution in [3.05, 3.63) is 59.2 Å². The fraction of sp³-hybridized carbons (Fsp3) is 0.622. The second-order valence-electron chi connectivity index (χ2n) is 15.6. The summed E-state index contributed by atoms with van der Waals surface area (Å²) in [4.78, 5) is 29.1. The highest BCUT2D eigenvalue weighted by atomic mass is 28.4. The van der Waals surface area contributed by atoms with E-state index < -0.39 is 46.3 Å². The van der Waals surface area contributed by atoms with Crippen molar-refractivity contribution in [3.8, 4) is 11.5 Å². The smallest absolute Gasteiger partial charge is 0.416 e. The third kappa shape index (κ3) is 7.40. The highest BCUT2D eigenvalue weighted by Crippen LogP contribution is 2.54. The summed E-state index contributed by atoms with van der Waals surface area (Å²) in [5.74, 6) is -0.513. The zero-order valence-corrected chi connectivity index (χ0v) is 32.2. The molecule has 4 unspecified atom stereocenters. The summed E-state index contributed by atoms with van der Waals surface area (Å²) in [6.45, 7) is 22.0. The van der Waals surface area contributed by atoms with E-state index in [9.17, 15) is 9.59 Å². The number of benzene rings is 2.